The number of fused-ring (bicyclic) bond motifs is 1. The number of hydrogen-bond donors (Lipinski definition) is 0. The summed E-state index contributed by atoms with van der Waals surface area (Å²) in [5.74, 6) is 13.4. The molecule has 32 heavy (non-hydrogen) atoms. The van der Waals surface area contributed by atoms with E-state index in [1.165, 1.54) is 12.1 Å². The molecule has 0 unspecified atom stereocenters. The van der Waals surface area contributed by atoms with Gasteiger partial charge in [0.1, 0.15) is 11.6 Å². The van der Waals surface area contributed by atoms with Crippen molar-refractivity contribution in [2.45, 2.75) is 19.8 Å². The van der Waals surface area contributed by atoms with Crippen molar-refractivity contribution < 1.29 is 9.13 Å². The molecular formula is C30H23FO. The van der Waals surface area contributed by atoms with Gasteiger partial charge in [0.15, 0.2) is 0 Å². The van der Waals surface area contributed by atoms with Gasteiger partial charge in [-0.05, 0) is 90.0 Å². The molecule has 156 valence electrons. The zero-order valence-corrected chi connectivity index (χ0v) is 18.0. The first-order chi connectivity index (χ1) is 15.7. The van der Waals surface area contributed by atoms with Gasteiger partial charge in [0.2, 0.25) is 0 Å². The van der Waals surface area contributed by atoms with Crippen LogP contribution in [-0.2, 0) is 0 Å². The third-order valence-electron chi connectivity index (χ3n) is 5.01. The average molecular weight is 419 g/mol. The minimum absolute atomic E-state index is 0.229. The molecule has 4 rings (SSSR count). The van der Waals surface area contributed by atoms with E-state index in [9.17, 15) is 4.39 Å². The molecule has 0 saturated heterocycles. The zero-order valence-electron chi connectivity index (χ0n) is 18.0. The highest BCUT2D eigenvalue weighted by atomic mass is 19.1. The predicted molar refractivity (Wildman–Crippen MR) is 129 cm³/mol. The molecule has 0 amide bonds. The van der Waals surface area contributed by atoms with Crippen molar-refractivity contribution in [1.82, 2.24) is 0 Å². The molecule has 0 N–H and O–H groups in total. The van der Waals surface area contributed by atoms with Crippen LogP contribution >= 0.6 is 0 Å². The Kier molecular flexibility index (Phi) is 6.86. The van der Waals surface area contributed by atoms with Crippen molar-refractivity contribution in [1.29, 1.82) is 0 Å². The summed E-state index contributed by atoms with van der Waals surface area (Å²) in [4.78, 5) is 0. The van der Waals surface area contributed by atoms with Gasteiger partial charge < -0.3 is 4.74 Å². The number of benzene rings is 4. The molecule has 0 fully saturated rings. The Morgan fingerprint density at radius 2 is 1.12 bits per heavy atom. The monoisotopic (exact) mass is 418 g/mol. The van der Waals surface area contributed by atoms with Crippen LogP contribution in [0, 0.1) is 29.5 Å². The molecule has 1 nitrogen and oxygen atoms in total. The van der Waals surface area contributed by atoms with Crippen LogP contribution in [0.3, 0.4) is 0 Å². The van der Waals surface area contributed by atoms with E-state index in [4.69, 9.17) is 4.74 Å². The van der Waals surface area contributed by atoms with Crippen LogP contribution in [0.4, 0.5) is 4.39 Å². The van der Waals surface area contributed by atoms with E-state index in [-0.39, 0.29) is 5.82 Å². The lowest BCUT2D eigenvalue weighted by Crippen LogP contribution is -1.95. The summed E-state index contributed by atoms with van der Waals surface area (Å²) >= 11 is 0. The lowest BCUT2D eigenvalue weighted by molar-refractivity contribution is 0.309. The summed E-state index contributed by atoms with van der Waals surface area (Å²) in [7, 11) is 0. The fourth-order valence-electron chi connectivity index (χ4n) is 3.19. The normalized spacial score (nSPS) is 10.1. The minimum atomic E-state index is -0.229. The van der Waals surface area contributed by atoms with Gasteiger partial charge in [0.25, 0.3) is 0 Å². The first-order valence-electron chi connectivity index (χ1n) is 10.8. The first kappa shape index (κ1) is 21.2. The van der Waals surface area contributed by atoms with Crippen LogP contribution in [0.5, 0.6) is 5.75 Å². The number of unbranched alkanes of at least 4 members (excludes halogenated alkanes) is 1. The molecule has 2 heteroatoms. The fraction of sp³-hybridized carbons (Fsp3) is 0.133. The second-order valence-electron chi connectivity index (χ2n) is 7.51. The Morgan fingerprint density at radius 3 is 1.75 bits per heavy atom. The number of ether oxygens (including phenoxy) is 1. The van der Waals surface area contributed by atoms with Gasteiger partial charge in [-0.15, -0.1) is 0 Å². The number of rotatable bonds is 4. The van der Waals surface area contributed by atoms with Crippen molar-refractivity contribution in [2.24, 2.45) is 0 Å². The van der Waals surface area contributed by atoms with Crippen molar-refractivity contribution in [2.75, 3.05) is 6.61 Å². The van der Waals surface area contributed by atoms with Gasteiger partial charge in [-0.2, -0.15) is 0 Å². The molecule has 0 bridgehead atoms. The molecule has 0 aliphatic rings. The van der Waals surface area contributed by atoms with Gasteiger partial charge in [-0.25, -0.2) is 4.39 Å². The molecule has 0 atom stereocenters. The highest BCUT2D eigenvalue weighted by Crippen LogP contribution is 2.17. The first-order valence-corrected chi connectivity index (χ1v) is 10.8. The Morgan fingerprint density at radius 1 is 0.625 bits per heavy atom. The Hall–Kier alpha value is -4.01. The second-order valence-corrected chi connectivity index (χ2v) is 7.51. The van der Waals surface area contributed by atoms with Gasteiger partial charge in [-0.3, -0.25) is 0 Å². The molecule has 0 saturated carbocycles. The zero-order chi connectivity index (χ0) is 22.2. The van der Waals surface area contributed by atoms with E-state index in [1.807, 2.05) is 66.7 Å². The summed E-state index contributed by atoms with van der Waals surface area (Å²) in [6, 6.07) is 26.3. The summed E-state index contributed by atoms with van der Waals surface area (Å²) in [6.45, 7) is 2.90. The SMILES string of the molecule is CCCCOc1ccc(C#Cc2ccc(C#Cc3ccc4cc(F)ccc4c3)cc2)cc1. The van der Waals surface area contributed by atoms with Crippen LogP contribution in [0.25, 0.3) is 10.8 Å². The topological polar surface area (TPSA) is 9.23 Å². The maximum Gasteiger partial charge on any atom is 0.123 e. The van der Waals surface area contributed by atoms with E-state index < -0.39 is 0 Å². The predicted octanol–water partition coefficient (Wildman–Crippen LogP) is 6.96. The molecule has 0 heterocycles. The van der Waals surface area contributed by atoms with E-state index >= 15 is 0 Å². The molecule has 0 aromatic heterocycles. The van der Waals surface area contributed by atoms with E-state index in [0.29, 0.717) is 0 Å². The lowest BCUT2D eigenvalue weighted by atomic mass is 10.1. The van der Waals surface area contributed by atoms with E-state index in [2.05, 4.69) is 30.6 Å². The largest absolute Gasteiger partial charge is 0.494 e. The molecule has 0 aliphatic carbocycles. The third-order valence-corrected chi connectivity index (χ3v) is 5.01. The van der Waals surface area contributed by atoms with Crippen LogP contribution in [-0.4, -0.2) is 6.61 Å². The van der Waals surface area contributed by atoms with Crippen molar-refractivity contribution in [3.63, 3.8) is 0 Å². The van der Waals surface area contributed by atoms with Crippen molar-refractivity contribution >= 4 is 10.8 Å². The maximum atomic E-state index is 13.3. The second kappa shape index (κ2) is 10.3. The highest BCUT2D eigenvalue weighted by molar-refractivity contribution is 5.84. The van der Waals surface area contributed by atoms with E-state index in [1.54, 1.807) is 6.07 Å². The molecule has 0 spiro atoms. The molecular weight excluding hydrogens is 395 g/mol. The summed E-state index contributed by atoms with van der Waals surface area (Å²) in [5, 5.41) is 1.85. The van der Waals surface area contributed by atoms with Gasteiger partial charge in [-0.1, -0.05) is 49.2 Å². The Balaban J connectivity index is 1.41. The van der Waals surface area contributed by atoms with Crippen LogP contribution in [0.15, 0.2) is 84.9 Å². The Labute approximate surface area is 188 Å². The summed E-state index contributed by atoms with van der Waals surface area (Å²) in [5.41, 5.74) is 3.71. The third kappa shape index (κ3) is 5.78. The van der Waals surface area contributed by atoms with Gasteiger partial charge in [0, 0.05) is 22.3 Å². The lowest BCUT2D eigenvalue weighted by Gasteiger charge is -2.04. The van der Waals surface area contributed by atoms with Gasteiger partial charge in [0.05, 0.1) is 6.61 Å². The number of halogens is 1. The van der Waals surface area contributed by atoms with Crippen LogP contribution in [0.2, 0.25) is 0 Å². The molecule has 0 aliphatic heterocycles. The molecule has 4 aromatic carbocycles. The smallest absolute Gasteiger partial charge is 0.123 e. The molecule has 0 radical (unpaired) electrons. The number of hydrogen-bond acceptors (Lipinski definition) is 1. The highest BCUT2D eigenvalue weighted by Gasteiger charge is 1.97. The van der Waals surface area contributed by atoms with Crippen molar-refractivity contribution in [3.8, 4) is 29.4 Å². The maximum absolute atomic E-state index is 13.3. The fourth-order valence-corrected chi connectivity index (χ4v) is 3.19. The summed E-state index contributed by atoms with van der Waals surface area (Å²) < 4.78 is 19.0. The minimum Gasteiger partial charge on any atom is -0.494 e. The standard InChI is InChI=1S/C30H23FO/c1-2-3-20-32-30-18-13-25(14-19-30)9-8-23-4-6-24(7-5-23)10-11-26-12-15-28-22-29(31)17-16-27(28)21-26/h4-7,12-19,21-22H,2-3,20H2,1H3. The summed E-state index contributed by atoms with van der Waals surface area (Å²) in [6.07, 6.45) is 2.19. The quantitative estimate of drug-likeness (QED) is 0.257. The van der Waals surface area contributed by atoms with E-state index in [0.717, 1.165) is 58.2 Å². The van der Waals surface area contributed by atoms with Crippen LogP contribution < -0.4 is 4.74 Å². The van der Waals surface area contributed by atoms with Crippen LogP contribution in [0.1, 0.15) is 42.0 Å². The van der Waals surface area contributed by atoms with Crippen molar-refractivity contribution in [3.05, 3.63) is 113 Å². The van der Waals surface area contributed by atoms with Gasteiger partial charge >= 0.3 is 0 Å². The average Bonchev–Trinajstić information content (AvgIpc) is 2.83. The molecule has 4 aromatic rings. The Bertz CT molecular complexity index is 1330.